The van der Waals surface area contributed by atoms with Crippen LogP contribution < -0.4 is 5.43 Å². The van der Waals surface area contributed by atoms with E-state index in [9.17, 15) is 19.8 Å². The lowest BCUT2D eigenvalue weighted by Gasteiger charge is -2.26. The monoisotopic (exact) mass is 317 g/mol. The Kier molecular flexibility index (Phi) is 4.31. The molecule has 1 aromatic heterocycles. The molecule has 1 fully saturated rings. The van der Waals surface area contributed by atoms with Crippen molar-refractivity contribution in [1.29, 1.82) is 0 Å². The standard InChI is InChI=1S/C16H19N3O4/c20-15(21)13(18-19-7-3-6-14(19)16(22)23)8-10-9-17-12-5-2-1-4-11(10)12/h1-2,4-5,9,13-14,17-18H,3,6-8H2,(H,20,21)(H,22,23)/t13?,14-/m0/s1. The Morgan fingerprint density at radius 1 is 1.35 bits per heavy atom. The molecule has 4 N–H and O–H groups in total. The van der Waals surface area contributed by atoms with E-state index in [0.29, 0.717) is 13.0 Å². The predicted octanol–water partition coefficient (Wildman–Crippen LogP) is 1.22. The van der Waals surface area contributed by atoms with E-state index in [1.54, 1.807) is 6.20 Å². The van der Waals surface area contributed by atoms with E-state index in [1.807, 2.05) is 24.3 Å². The molecule has 0 spiro atoms. The molecule has 1 aliphatic rings. The minimum Gasteiger partial charge on any atom is -0.480 e. The predicted molar refractivity (Wildman–Crippen MR) is 83.9 cm³/mol. The Morgan fingerprint density at radius 2 is 2.13 bits per heavy atom. The van der Waals surface area contributed by atoms with E-state index in [2.05, 4.69) is 10.4 Å². The van der Waals surface area contributed by atoms with Gasteiger partial charge in [0.1, 0.15) is 12.1 Å². The van der Waals surface area contributed by atoms with Crippen LogP contribution in [-0.2, 0) is 16.0 Å². The molecule has 1 aromatic carbocycles. The number of H-pyrrole nitrogens is 1. The number of aromatic amines is 1. The van der Waals surface area contributed by atoms with E-state index < -0.39 is 24.0 Å². The van der Waals surface area contributed by atoms with Crippen LogP contribution in [0.25, 0.3) is 10.9 Å². The van der Waals surface area contributed by atoms with Crippen LogP contribution in [0.2, 0.25) is 0 Å². The number of hydrogen-bond donors (Lipinski definition) is 4. The maximum absolute atomic E-state index is 11.6. The summed E-state index contributed by atoms with van der Waals surface area (Å²) < 4.78 is 0. The lowest BCUT2D eigenvalue weighted by Crippen LogP contribution is -2.53. The number of aliphatic carboxylic acids is 2. The third kappa shape index (κ3) is 3.20. The number of carbonyl (C=O) groups is 2. The van der Waals surface area contributed by atoms with Crippen LogP contribution in [0.4, 0.5) is 0 Å². The highest BCUT2D eigenvalue weighted by Gasteiger charge is 2.33. The molecule has 0 radical (unpaired) electrons. The van der Waals surface area contributed by atoms with E-state index in [1.165, 1.54) is 5.01 Å². The highest BCUT2D eigenvalue weighted by atomic mass is 16.4. The van der Waals surface area contributed by atoms with Gasteiger partial charge in [0.05, 0.1) is 0 Å². The van der Waals surface area contributed by atoms with Crippen LogP contribution in [0.3, 0.4) is 0 Å². The number of hydrogen-bond acceptors (Lipinski definition) is 4. The van der Waals surface area contributed by atoms with Crippen LogP contribution in [0.1, 0.15) is 18.4 Å². The van der Waals surface area contributed by atoms with Gasteiger partial charge in [0.25, 0.3) is 0 Å². The molecular formula is C16H19N3O4. The van der Waals surface area contributed by atoms with E-state index in [0.717, 1.165) is 22.9 Å². The van der Waals surface area contributed by atoms with Crippen molar-refractivity contribution in [1.82, 2.24) is 15.4 Å². The zero-order chi connectivity index (χ0) is 16.4. The van der Waals surface area contributed by atoms with Gasteiger partial charge in [0, 0.05) is 30.1 Å². The smallest absolute Gasteiger partial charge is 0.322 e. The fourth-order valence-corrected chi connectivity index (χ4v) is 3.09. The number of fused-ring (bicyclic) bond motifs is 1. The summed E-state index contributed by atoms with van der Waals surface area (Å²) in [5.74, 6) is -1.92. The Balaban J connectivity index is 1.77. The number of hydrazine groups is 1. The number of nitrogens with zero attached hydrogens (tertiary/aromatic N) is 1. The topological polar surface area (TPSA) is 106 Å². The molecule has 0 bridgehead atoms. The number of para-hydroxylation sites is 1. The molecule has 122 valence electrons. The zero-order valence-electron chi connectivity index (χ0n) is 12.5. The van der Waals surface area contributed by atoms with Crippen molar-refractivity contribution in [2.75, 3.05) is 6.54 Å². The molecule has 0 amide bonds. The van der Waals surface area contributed by atoms with Gasteiger partial charge >= 0.3 is 11.9 Å². The van der Waals surface area contributed by atoms with Gasteiger partial charge in [-0.25, -0.2) is 10.4 Å². The van der Waals surface area contributed by atoms with Crippen molar-refractivity contribution in [2.45, 2.75) is 31.3 Å². The fraction of sp³-hybridized carbons (Fsp3) is 0.375. The molecule has 2 heterocycles. The molecule has 7 heteroatoms. The normalized spacial score (nSPS) is 19.9. The molecule has 0 saturated carbocycles. The summed E-state index contributed by atoms with van der Waals surface area (Å²) >= 11 is 0. The lowest BCUT2D eigenvalue weighted by molar-refractivity contribution is -0.147. The Hall–Kier alpha value is -2.38. The van der Waals surface area contributed by atoms with Gasteiger partial charge < -0.3 is 15.2 Å². The van der Waals surface area contributed by atoms with E-state index in [-0.39, 0.29) is 6.42 Å². The van der Waals surface area contributed by atoms with Crippen molar-refractivity contribution >= 4 is 22.8 Å². The average Bonchev–Trinajstić information content (AvgIpc) is 3.14. The highest BCUT2D eigenvalue weighted by molar-refractivity contribution is 5.84. The summed E-state index contributed by atoms with van der Waals surface area (Å²) in [6.07, 6.45) is 3.36. The minimum absolute atomic E-state index is 0.280. The SMILES string of the molecule is O=C(O)C(Cc1c[nH]c2ccccc12)NN1CCC[C@H]1C(=O)O. The Morgan fingerprint density at radius 3 is 2.87 bits per heavy atom. The summed E-state index contributed by atoms with van der Waals surface area (Å²) in [6, 6.07) is 6.16. The number of carboxylic acid groups (broad SMARTS) is 2. The number of benzene rings is 1. The van der Waals surface area contributed by atoms with Crippen molar-refractivity contribution in [2.24, 2.45) is 0 Å². The molecule has 7 nitrogen and oxygen atoms in total. The summed E-state index contributed by atoms with van der Waals surface area (Å²) in [4.78, 5) is 25.9. The summed E-state index contributed by atoms with van der Waals surface area (Å²) in [7, 11) is 0. The van der Waals surface area contributed by atoms with Crippen molar-refractivity contribution in [3.8, 4) is 0 Å². The first-order chi connectivity index (χ1) is 11.1. The third-order valence-corrected chi connectivity index (χ3v) is 4.26. The molecule has 0 aliphatic carbocycles. The van der Waals surface area contributed by atoms with Crippen LogP contribution in [0.15, 0.2) is 30.5 Å². The highest BCUT2D eigenvalue weighted by Crippen LogP contribution is 2.20. The first-order valence-corrected chi connectivity index (χ1v) is 7.59. The number of nitrogens with one attached hydrogen (secondary N) is 2. The van der Waals surface area contributed by atoms with Gasteiger partial charge in [-0.1, -0.05) is 18.2 Å². The second-order valence-electron chi connectivity index (χ2n) is 5.77. The van der Waals surface area contributed by atoms with Crippen molar-refractivity contribution < 1.29 is 19.8 Å². The Bertz CT molecular complexity index is 727. The van der Waals surface area contributed by atoms with Gasteiger partial charge in [0.2, 0.25) is 0 Å². The molecule has 3 rings (SSSR count). The third-order valence-electron chi connectivity index (χ3n) is 4.26. The van der Waals surface area contributed by atoms with E-state index >= 15 is 0 Å². The van der Waals surface area contributed by atoms with E-state index in [4.69, 9.17) is 0 Å². The molecule has 2 aromatic rings. The zero-order valence-corrected chi connectivity index (χ0v) is 12.5. The second kappa shape index (κ2) is 6.39. The number of aromatic nitrogens is 1. The summed E-state index contributed by atoms with van der Waals surface area (Å²) in [6.45, 7) is 0.536. The number of rotatable bonds is 6. The van der Waals surface area contributed by atoms with Gasteiger partial charge in [-0.15, -0.1) is 0 Å². The molecule has 23 heavy (non-hydrogen) atoms. The van der Waals surface area contributed by atoms with Crippen LogP contribution in [-0.4, -0.2) is 50.8 Å². The lowest BCUT2D eigenvalue weighted by atomic mass is 10.1. The average molecular weight is 317 g/mol. The van der Waals surface area contributed by atoms with Gasteiger partial charge in [-0.2, -0.15) is 0 Å². The second-order valence-corrected chi connectivity index (χ2v) is 5.77. The molecule has 2 atom stereocenters. The fourth-order valence-electron chi connectivity index (χ4n) is 3.09. The number of carboxylic acids is 2. The van der Waals surface area contributed by atoms with Crippen molar-refractivity contribution in [3.63, 3.8) is 0 Å². The van der Waals surface area contributed by atoms with Crippen molar-refractivity contribution in [3.05, 3.63) is 36.0 Å². The summed E-state index contributed by atoms with van der Waals surface area (Å²) in [5.41, 5.74) is 4.74. The first kappa shape index (κ1) is 15.5. The van der Waals surface area contributed by atoms with Crippen LogP contribution in [0.5, 0.6) is 0 Å². The largest absolute Gasteiger partial charge is 0.480 e. The van der Waals surface area contributed by atoms with Gasteiger partial charge in [-0.05, 0) is 24.5 Å². The maximum Gasteiger partial charge on any atom is 0.322 e. The molecule has 1 aliphatic heterocycles. The molecule has 1 unspecified atom stereocenters. The molecule has 1 saturated heterocycles. The molecular weight excluding hydrogens is 298 g/mol. The minimum atomic E-state index is -0.994. The Labute approximate surface area is 132 Å². The quantitative estimate of drug-likeness (QED) is 0.638. The van der Waals surface area contributed by atoms with Gasteiger partial charge in [0.15, 0.2) is 0 Å². The summed E-state index contributed by atoms with van der Waals surface area (Å²) in [5, 5.41) is 21.2. The first-order valence-electron chi connectivity index (χ1n) is 7.59. The van der Waals surface area contributed by atoms with Gasteiger partial charge in [-0.3, -0.25) is 9.59 Å². The maximum atomic E-state index is 11.6. The van der Waals surface area contributed by atoms with Crippen LogP contribution in [0, 0.1) is 0 Å². The van der Waals surface area contributed by atoms with Crippen LogP contribution >= 0.6 is 0 Å².